The SMILES string of the molecule is CN=C(NCc1ccc(OC)c(F)c1)NC(C)Cc1c(C)nn(C)c1C. The Morgan fingerprint density at radius 3 is 2.65 bits per heavy atom. The average molecular weight is 361 g/mol. The second-order valence-electron chi connectivity index (χ2n) is 6.42. The number of guanidine groups is 1. The van der Waals surface area contributed by atoms with Gasteiger partial charge in [-0.25, -0.2) is 4.39 Å². The van der Waals surface area contributed by atoms with E-state index in [1.165, 1.54) is 24.4 Å². The number of aromatic nitrogens is 2. The summed E-state index contributed by atoms with van der Waals surface area (Å²) in [7, 11) is 5.13. The lowest BCUT2D eigenvalue weighted by Crippen LogP contribution is -2.42. The monoisotopic (exact) mass is 361 g/mol. The molecule has 0 spiro atoms. The highest BCUT2D eigenvalue weighted by molar-refractivity contribution is 5.79. The van der Waals surface area contributed by atoms with Gasteiger partial charge in [-0.1, -0.05) is 6.07 Å². The molecule has 1 aromatic heterocycles. The third kappa shape index (κ3) is 4.74. The van der Waals surface area contributed by atoms with Crippen LogP contribution < -0.4 is 15.4 Å². The molecule has 1 unspecified atom stereocenters. The summed E-state index contributed by atoms with van der Waals surface area (Å²) in [4.78, 5) is 4.25. The van der Waals surface area contributed by atoms with Gasteiger partial charge < -0.3 is 15.4 Å². The van der Waals surface area contributed by atoms with E-state index in [-0.39, 0.29) is 17.6 Å². The highest BCUT2D eigenvalue weighted by Gasteiger charge is 2.14. The Morgan fingerprint density at radius 1 is 1.38 bits per heavy atom. The Labute approximate surface area is 154 Å². The molecule has 0 saturated heterocycles. The highest BCUT2D eigenvalue weighted by atomic mass is 19.1. The van der Waals surface area contributed by atoms with Gasteiger partial charge in [0.25, 0.3) is 0 Å². The van der Waals surface area contributed by atoms with Gasteiger partial charge in [0.05, 0.1) is 12.8 Å². The first-order chi connectivity index (χ1) is 12.3. The molecule has 0 radical (unpaired) electrons. The second kappa shape index (κ2) is 8.69. The Kier molecular flexibility index (Phi) is 6.60. The minimum Gasteiger partial charge on any atom is -0.494 e. The zero-order valence-corrected chi connectivity index (χ0v) is 16.4. The van der Waals surface area contributed by atoms with Crippen molar-refractivity contribution in [1.82, 2.24) is 20.4 Å². The van der Waals surface area contributed by atoms with Crippen molar-refractivity contribution < 1.29 is 9.13 Å². The van der Waals surface area contributed by atoms with Crippen LogP contribution in [0.25, 0.3) is 0 Å². The molecule has 2 rings (SSSR count). The molecule has 1 heterocycles. The predicted molar refractivity (Wildman–Crippen MR) is 102 cm³/mol. The molecular formula is C19H28FN5O. The normalized spacial score (nSPS) is 12.8. The number of nitrogens with zero attached hydrogens (tertiary/aromatic N) is 3. The van der Waals surface area contributed by atoms with Crippen LogP contribution >= 0.6 is 0 Å². The topological polar surface area (TPSA) is 63.5 Å². The van der Waals surface area contributed by atoms with E-state index in [0.717, 1.165) is 17.7 Å². The first kappa shape index (κ1) is 19.8. The number of rotatable bonds is 6. The minimum absolute atomic E-state index is 0.176. The number of methoxy groups -OCH3 is 1. The summed E-state index contributed by atoms with van der Waals surface area (Å²) in [5.74, 6) is 0.547. The van der Waals surface area contributed by atoms with Gasteiger partial charge in [-0.2, -0.15) is 5.10 Å². The van der Waals surface area contributed by atoms with E-state index in [1.54, 1.807) is 13.1 Å². The number of aliphatic imine (C=N–C) groups is 1. The van der Waals surface area contributed by atoms with Crippen molar-refractivity contribution >= 4 is 5.96 Å². The van der Waals surface area contributed by atoms with E-state index in [4.69, 9.17) is 4.74 Å². The van der Waals surface area contributed by atoms with Crippen LogP contribution in [0.2, 0.25) is 0 Å². The largest absolute Gasteiger partial charge is 0.494 e. The van der Waals surface area contributed by atoms with Crippen LogP contribution in [0.15, 0.2) is 23.2 Å². The van der Waals surface area contributed by atoms with E-state index < -0.39 is 0 Å². The van der Waals surface area contributed by atoms with Crippen LogP contribution in [0, 0.1) is 19.7 Å². The molecule has 0 aliphatic carbocycles. The van der Waals surface area contributed by atoms with Crippen LogP contribution in [0.5, 0.6) is 5.75 Å². The van der Waals surface area contributed by atoms with Crippen LogP contribution in [0.1, 0.15) is 29.4 Å². The van der Waals surface area contributed by atoms with Crippen molar-refractivity contribution in [3.05, 3.63) is 46.5 Å². The first-order valence-electron chi connectivity index (χ1n) is 8.64. The maximum absolute atomic E-state index is 13.8. The lowest BCUT2D eigenvalue weighted by Gasteiger charge is -2.18. The molecule has 26 heavy (non-hydrogen) atoms. The third-order valence-corrected chi connectivity index (χ3v) is 4.45. The number of hydrogen-bond donors (Lipinski definition) is 2. The third-order valence-electron chi connectivity index (χ3n) is 4.45. The van der Waals surface area contributed by atoms with Gasteiger partial charge in [-0.15, -0.1) is 0 Å². The quantitative estimate of drug-likeness (QED) is 0.613. The highest BCUT2D eigenvalue weighted by Crippen LogP contribution is 2.17. The van der Waals surface area contributed by atoms with Gasteiger partial charge in [-0.05, 0) is 50.5 Å². The summed E-state index contributed by atoms with van der Waals surface area (Å²) in [5.41, 5.74) is 4.29. The Hall–Kier alpha value is -2.57. The van der Waals surface area contributed by atoms with Gasteiger partial charge in [0.1, 0.15) is 0 Å². The van der Waals surface area contributed by atoms with Crippen molar-refractivity contribution in [2.24, 2.45) is 12.0 Å². The average Bonchev–Trinajstić information content (AvgIpc) is 2.84. The number of halogens is 1. The van der Waals surface area contributed by atoms with Gasteiger partial charge in [0.2, 0.25) is 0 Å². The van der Waals surface area contributed by atoms with Crippen molar-refractivity contribution in [1.29, 1.82) is 0 Å². The molecule has 0 saturated carbocycles. The molecule has 0 amide bonds. The fourth-order valence-electron chi connectivity index (χ4n) is 2.90. The predicted octanol–water partition coefficient (Wildman–Crippen LogP) is 2.48. The lowest BCUT2D eigenvalue weighted by molar-refractivity contribution is 0.386. The maximum Gasteiger partial charge on any atom is 0.191 e. The van der Waals surface area contributed by atoms with Gasteiger partial charge in [0.15, 0.2) is 17.5 Å². The molecule has 1 aromatic carbocycles. The Balaban J connectivity index is 1.93. The van der Waals surface area contributed by atoms with Gasteiger partial charge in [-0.3, -0.25) is 9.67 Å². The van der Waals surface area contributed by atoms with Crippen LogP contribution in [0.3, 0.4) is 0 Å². The van der Waals surface area contributed by atoms with Crippen molar-refractivity contribution in [3.8, 4) is 5.75 Å². The number of hydrogen-bond acceptors (Lipinski definition) is 3. The van der Waals surface area contributed by atoms with Gasteiger partial charge >= 0.3 is 0 Å². The molecule has 142 valence electrons. The summed E-state index contributed by atoms with van der Waals surface area (Å²) >= 11 is 0. The molecule has 0 aliphatic heterocycles. The fourth-order valence-corrected chi connectivity index (χ4v) is 2.90. The van der Waals surface area contributed by atoms with Crippen LogP contribution in [-0.4, -0.2) is 35.9 Å². The van der Waals surface area contributed by atoms with Gasteiger partial charge in [0, 0.05) is 32.4 Å². The molecular weight excluding hydrogens is 333 g/mol. The summed E-state index contributed by atoms with van der Waals surface area (Å²) in [6.45, 7) is 6.68. The van der Waals surface area contributed by atoms with Crippen molar-refractivity contribution in [2.45, 2.75) is 39.8 Å². The summed E-state index contributed by atoms with van der Waals surface area (Å²) in [5, 5.41) is 11.0. The number of nitrogens with one attached hydrogen (secondary N) is 2. The van der Waals surface area contributed by atoms with Crippen LogP contribution in [0.4, 0.5) is 4.39 Å². The molecule has 2 N–H and O–H groups in total. The minimum atomic E-state index is -0.370. The van der Waals surface area contributed by atoms with Crippen molar-refractivity contribution in [2.75, 3.05) is 14.2 Å². The summed E-state index contributed by atoms with van der Waals surface area (Å²) in [6, 6.07) is 5.09. The zero-order chi connectivity index (χ0) is 19.3. The van der Waals surface area contributed by atoms with Crippen molar-refractivity contribution in [3.63, 3.8) is 0 Å². The Bertz CT molecular complexity index is 784. The van der Waals surface area contributed by atoms with E-state index >= 15 is 0 Å². The summed E-state index contributed by atoms with van der Waals surface area (Å²) in [6.07, 6.45) is 0.851. The standard InChI is InChI=1S/C19H28FN5O/c1-12(9-16-13(2)24-25(5)14(16)3)23-19(21-4)22-11-15-7-8-18(26-6)17(20)10-15/h7-8,10,12H,9,11H2,1-6H3,(H2,21,22,23). The molecule has 0 bridgehead atoms. The molecule has 7 heteroatoms. The Morgan fingerprint density at radius 2 is 2.12 bits per heavy atom. The van der Waals surface area contributed by atoms with E-state index in [2.05, 4.69) is 34.6 Å². The van der Waals surface area contributed by atoms with E-state index in [9.17, 15) is 4.39 Å². The lowest BCUT2D eigenvalue weighted by atomic mass is 10.1. The second-order valence-corrected chi connectivity index (χ2v) is 6.42. The van der Waals surface area contributed by atoms with Crippen LogP contribution in [-0.2, 0) is 20.0 Å². The number of aryl methyl sites for hydroxylation is 2. The molecule has 2 aromatic rings. The molecule has 0 fully saturated rings. The molecule has 0 aliphatic rings. The maximum atomic E-state index is 13.8. The first-order valence-corrected chi connectivity index (χ1v) is 8.64. The van der Waals surface area contributed by atoms with E-state index in [1.807, 2.05) is 24.7 Å². The molecule has 1 atom stereocenters. The zero-order valence-electron chi connectivity index (χ0n) is 16.4. The molecule has 6 nitrogen and oxygen atoms in total. The summed E-state index contributed by atoms with van der Waals surface area (Å²) < 4.78 is 20.6. The number of ether oxygens (including phenoxy) is 1. The fraction of sp³-hybridized carbons (Fsp3) is 0.474. The van der Waals surface area contributed by atoms with E-state index in [0.29, 0.717) is 12.5 Å². The smallest absolute Gasteiger partial charge is 0.191 e. The number of benzene rings is 1.